The highest BCUT2D eigenvalue weighted by atomic mass is 16.1. The van der Waals surface area contributed by atoms with Crippen LogP contribution in [-0.2, 0) is 6.54 Å². The Bertz CT molecular complexity index is 1410. The molecule has 1 aliphatic rings. The number of H-pyrrole nitrogens is 1. The number of pyridine rings is 1. The molecule has 0 saturated carbocycles. The molecule has 0 radical (unpaired) electrons. The van der Waals surface area contributed by atoms with Gasteiger partial charge < -0.3 is 15.2 Å². The van der Waals surface area contributed by atoms with Crippen molar-refractivity contribution in [2.24, 2.45) is 0 Å². The van der Waals surface area contributed by atoms with E-state index in [1.165, 1.54) is 0 Å². The first kappa shape index (κ1) is 22.3. The van der Waals surface area contributed by atoms with Crippen molar-refractivity contribution in [2.75, 3.05) is 11.9 Å². The molecule has 7 nitrogen and oxygen atoms in total. The summed E-state index contributed by atoms with van der Waals surface area (Å²) in [6, 6.07) is 12.6. The highest BCUT2D eigenvalue weighted by Gasteiger charge is 2.39. The Morgan fingerprint density at radius 1 is 1.09 bits per heavy atom. The van der Waals surface area contributed by atoms with Crippen molar-refractivity contribution in [3.63, 3.8) is 0 Å². The van der Waals surface area contributed by atoms with E-state index >= 15 is 0 Å². The van der Waals surface area contributed by atoms with E-state index in [0.29, 0.717) is 12.2 Å². The largest absolute Gasteiger partial charge is 0.360 e. The lowest BCUT2D eigenvalue weighted by Gasteiger charge is -2.35. The van der Waals surface area contributed by atoms with Crippen molar-refractivity contribution >= 4 is 16.9 Å². The number of hydrogen-bond acceptors (Lipinski definition) is 5. The maximum absolute atomic E-state index is 13.1. The van der Waals surface area contributed by atoms with Crippen LogP contribution in [-0.4, -0.2) is 38.1 Å². The Labute approximate surface area is 199 Å². The van der Waals surface area contributed by atoms with Crippen LogP contribution in [0.4, 0.5) is 5.95 Å². The van der Waals surface area contributed by atoms with E-state index in [4.69, 9.17) is 9.97 Å². The third-order valence-electron chi connectivity index (χ3n) is 6.89. The highest BCUT2D eigenvalue weighted by Crippen LogP contribution is 2.36. The number of aromatic amines is 1. The molecule has 0 unspecified atom stereocenters. The van der Waals surface area contributed by atoms with Gasteiger partial charge in [0, 0.05) is 52.6 Å². The lowest BCUT2D eigenvalue weighted by Crippen LogP contribution is -2.45. The normalized spacial score (nSPS) is 15.8. The first-order valence-electron chi connectivity index (χ1n) is 11.9. The van der Waals surface area contributed by atoms with Crippen LogP contribution < -0.4 is 15.8 Å². The van der Waals surface area contributed by atoms with E-state index in [2.05, 4.69) is 80.2 Å². The second kappa shape index (κ2) is 8.09. The SMILES string of the molecule is CN[C@@H](C)c1ccc(-c2ccc3[nH]cc(-c4cc(=O)n5c(n4)N(C(C)C)C(C)(C)C5)c3c2)nc1. The Morgan fingerprint density at radius 2 is 1.88 bits per heavy atom. The first-order valence-corrected chi connectivity index (χ1v) is 11.9. The quantitative estimate of drug-likeness (QED) is 0.453. The fourth-order valence-corrected chi connectivity index (χ4v) is 5.12. The summed E-state index contributed by atoms with van der Waals surface area (Å²) in [5.74, 6) is 0.740. The van der Waals surface area contributed by atoms with Crippen molar-refractivity contribution in [3.05, 3.63) is 64.7 Å². The van der Waals surface area contributed by atoms with Crippen LogP contribution in [0.5, 0.6) is 0 Å². The molecule has 1 aliphatic heterocycles. The Balaban J connectivity index is 1.59. The zero-order valence-corrected chi connectivity index (χ0v) is 20.7. The molecule has 34 heavy (non-hydrogen) atoms. The summed E-state index contributed by atoms with van der Waals surface area (Å²) in [5.41, 5.74) is 5.52. The summed E-state index contributed by atoms with van der Waals surface area (Å²) in [7, 11) is 1.94. The van der Waals surface area contributed by atoms with Crippen LogP contribution in [0, 0.1) is 0 Å². The summed E-state index contributed by atoms with van der Waals surface area (Å²) < 4.78 is 1.79. The number of anilines is 1. The lowest BCUT2D eigenvalue weighted by atomic mass is 10.0. The van der Waals surface area contributed by atoms with Gasteiger partial charge in [-0.1, -0.05) is 12.1 Å². The minimum Gasteiger partial charge on any atom is -0.360 e. The van der Waals surface area contributed by atoms with Gasteiger partial charge in [-0.3, -0.25) is 14.3 Å². The molecule has 3 aromatic heterocycles. The second-order valence-electron chi connectivity index (χ2n) is 10.1. The molecule has 4 aromatic rings. The summed E-state index contributed by atoms with van der Waals surface area (Å²) in [5, 5.41) is 4.27. The molecule has 0 fully saturated rings. The van der Waals surface area contributed by atoms with Crippen LogP contribution in [0.2, 0.25) is 0 Å². The molecule has 1 aromatic carbocycles. The van der Waals surface area contributed by atoms with Gasteiger partial charge in [0.15, 0.2) is 0 Å². The van der Waals surface area contributed by atoms with Crippen molar-refractivity contribution in [3.8, 4) is 22.5 Å². The smallest absolute Gasteiger partial charge is 0.255 e. The molecule has 0 amide bonds. The summed E-state index contributed by atoms with van der Waals surface area (Å²) >= 11 is 0. The van der Waals surface area contributed by atoms with Gasteiger partial charge in [0.05, 0.1) is 23.5 Å². The minimum atomic E-state index is -0.165. The van der Waals surface area contributed by atoms with Gasteiger partial charge in [-0.2, -0.15) is 0 Å². The van der Waals surface area contributed by atoms with Gasteiger partial charge >= 0.3 is 0 Å². The van der Waals surface area contributed by atoms with Crippen molar-refractivity contribution in [1.29, 1.82) is 0 Å². The molecule has 0 bridgehead atoms. The van der Waals surface area contributed by atoms with E-state index in [1.54, 1.807) is 10.6 Å². The predicted octanol–water partition coefficient (Wildman–Crippen LogP) is 4.74. The maximum Gasteiger partial charge on any atom is 0.255 e. The topological polar surface area (TPSA) is 78.8 Å². The average molecular weight is 457 g/mol. The number of benzene rings is 1. The van der Waals surface area contributed by atoms with Gasteiger partial charge in [0.2, 0.25) is 5.95 Å². The van der Waals surface area contributed by atoms with Crippen LogP contribution in [0.25, 0.3) is 33.4 Å². The molecule has 1 atom stereocenters. The number of hydrogen-bond donors (Lipinski definition) is 2. The van der Waals surface area contributed by atoms with Crippen LogP contribution in [0.3, 0.4) is 0 Å². The van der Waals surface area contributed by atoms with E-state index in [0.717, 1.165) is 39.2 Å². The molecule has 0 spiro atoms. The summed E-state index contributed by atoms with van der Waals surface area (Å²) in [6.07, 6.45) is 3.86. The molecule has 7 heteroatoms. The third kappa shape index (κ3) is 3.60. The molecular weight excluding hydrogens is 424 g/mol. The van der Waals surface area contributed by atoms with E-state index in [1.807, 2.05) is 19.4 Å². The Hall–Kier alpha value is -3.45. The van der Waals surface area contributed by atoms with Crippen LogP contribution in [0.1, 0.15) is 46.2 Å². The predicted molar refractivity (Wildman–Crippen MR) is 138 cm³/mol. The zero-order valence-electron chi connectivity index (χ0n) is 20.7. The van der Waals surface area contributed by atoms with Crippen molar-refractivity contribution < 1.29 is 0 Å². The second-order valence-corrected chi connectivity index (χ2v) is 10.1. The molecule has 5 rings (SSSR count). The molecular formula is C27H32N6O. The number of fused-ring (bicyclic) bond motifs is 2. The van der Waals surface area contributed by atoms with E-state index in [-0.39, 0.29) is 23.2 Å². The fourth-order valence-electron chi connectivity index (χ4n) is 5.12. The van der Waals surface area contributed by atoms with Gasteiger partial charge in [0.25, 0.3) is 5.56 Å². The van der Waals surface area contributed by atoms with Gasteiger partial charge in [0.1, 0.15) is 0 Å². The van der Waals surface area contributed by atoms with Gasteiger partial charge in [-0.25, -0.2) is 4.98 Å². The van der Waals surface area contributed by atoms with Gasteiger partial charge in [-0.05, 0) is 65.4 Å². The van der Waals surface area contributed by atoms with Crippen LogP contribution in [0.15, 0.2) is 53.6 Å². The molecule has 0 saturated heterocycles. The zero-order chi connectivity index (χ0) is 24.2. The average Bonchev–Trinajstić information content (AvgIpc) is 3.35. The van der Waals surface area contributed by atoms with E-state index < -0.39 is 0 Å². The summed E-state index contributed by atoms with van der Waals surface area (Å²) in [4.78, 5) is 28.4. The molecule has 4 heterocycles. The minimum absolute atomic E-state index is 0.0161. The van der Waals surface area contributed by atoms with Crippen molar-refractivity contribution in [2.45, 2.75) is 58.8 Å². The van der Waals surface area contributed by atoms with Crippen LogP contribution >= 0.6 is 0 Å². The monoisotopic (exact) mass is 456 g/mol. The number of rotatable bonds is 5. The lowest BCUT2D eigenvalue weighted by molar-refractivity contribution is 0.425. The number of aromatic nitrogens is 4. The van der Waals surface area contributed by atoms with E-state index in [9.17, 15) is 4.79 Å². The van der Waals surface area contributed by atoms with Gasteiger partial charge in [-0.15, -0.1) is 0 Å². The Morgan fingerprint density at radius 3 is 2.56 bits per heavy atom. The van der Waals surface area contributed by atoms with Crippen molar-refractivity contribution in [1.82, 2.24) is 24.8 Å². The fraction of sp³-hybridized carbons (Fsp3) is 0.370. The standard InChI is InChI=1S/C27H32N6O/c1-16(2)33-26-31-24(12-25(34)32(26)15-27(33,4)5)21-14-30-23-10-7-18(11-20(21)23)22-9-8-19(13-29-22)17(3)28-6/h7-14,16-17,28,30H,15H2,1-6H3/t17-/m0/s1. The molecule has 0 aliphatic carbocycles. The number of nitrogens with zero attached hydrogens (tertiary/aromatic N) is 4. The summed E-state index contributed by atoms with van der Waals surface area (Å²) in [6.45, 7) is 11.4. The maximum atomic E-state index is 13.1. The third-order valence-corrected chi connectivity index (χ3v) is 6.89. The first-order chi connectivity index (χ1) is 16.2. The number of nitrogens with one attached hydrogen (secondary N) is 2. The molecule has 2 N–H and O–H groups in total. The molecule has 176 valence electrons. The highest BCUT2D eigenvalue weighted by molar-refractivity contribution is 5.97. The Kier molecular flexibility index (Phi) is 5.32.